The van der Waals surface area contributed by atoms with Crippen molar-refractivity contribution in [2.45, 2.75) is 37.6 Å². The fourth-order valence-electron chi connectivity index (χ4n) is 4.07. The molecule has 0 aliphatic carbocycles. The molecule has 4 aromatic rings. The monoisotopic (exact) mass is 477 g/mol. The zero-order valence-electron chi connectivity index (χ0n) is 18.5. The average molecular weight is 478 g/mol. The number of aromatic nitrogens is 6. The number of aryl methyl sites for hydroxylation is 1. The molecule has 10 nitrogen and oxygen atoms in total. The molecule has 0 spiro atoms. The molecule has 1 aromatic carbocycles. The molecule has 174 valence electrons. The summed E-state index contributed by atoms with van der Waals surface area (Å²) < 4.78 is 4.77. The van der Waals surface area contributed by atoms with Crippen molar-refractivity contribution in [2.24, 2.45) is 0 Å². The number of thioether (sulfide) groups is 1. The molecule has 1 unspecified atom stereocenters. The molecule has 11 heteroatoms. The minimum atomic E-state index is -0.208. The number of rotatable bonds is 7. The van der Waals surface area contributed by atoms with Crippen LogP contribution in [-0.4, -0.2) is 47.1 Å². The van der Waals surface area contributed by atoms with Gasteiger partial charge in [0.25, 0.3) is 11.1 Å². The van der Waals surface area contributed by atoms with E-state index in [0.29, 0.717) is 41.6 Å². The highest BCUT2D eigenvalue weighted by Crippen LogP contribution is 2.31. The molecular formula is C23H23N7O3S. The lowest BCUT2D eigenvalue weighted by Gasteiger charge is -2.13. The van der Waals surface area contributed by atoms with Gasteiger partial charge in [0.1, 0.15) is 11.7 Å². The van der Waals surface area contributed by atoms with E-state index in [1.54, 1.807) is 13.8 Å². The quantitative estimate of drug-likeness (QED) is 0.400. The van der Waals surface area contributed by atoms with Gasteiger partial charge < -0.3 is 5.32 Å². The number of hydrogen-bond donors (Lipinski definition) is 1. The van der Waals surface area contributed by atoms with Crippen LogP contribution in [0.1, 0.15) is 23.6 Å². The smallest absolute Gasteiger partial charge is 0.264 e. The van der Waals surface area contributed by atoms with Crippen molar-refractivity contribution in [3.63, 3.8) is 0 Å². The first-order valence-corrected chi connectivity index (χ1v) is 11.9. The van der Waals surface area contributed by atoms with Gasteiger partial charge in [-0.3, -0.25) is 23.5 Å². The van der Waals surface area contributed by atoms with E-state index in [-0.39, 0.29) is 29.5 Å². The Kier molecular flexibility index (Phi) is 6.01. The molecule has 1 aliphatic rings. The van der Waals surface area contributed by atoms with Crippen LogP contribution in [0.4, 0.5) is 0 Å². The molecular weight excluding hydrogens is 454 g/mol. The topological polar surface area (TPSA) is 117 Å². The van der Waals surface area contributed by atoms with E-state index in [9.17, 15) is 14.4 Å². The van der Waals surface area contributed by atoms with Gasteiger partial charge in [0.05, 0.1) is 25.3 Å². The summed E-state index contributed by atoms with van der Waals surface area (Å²) in [6.07, 6.45) is 4.75. The molecule has 0 radical (unpaired) electrons. The maximum absolute atomic E-state index is 12.9. The number of carbonyl (C=O) groups excluding carboxylic acids is 1. The minimum Gasteiger partial charge on any atom is -0.354 e. The predicted molar refractivity (Wildman–Crippen MR) is 128 cm³/mol. The van der Waals surface area contributed by atoms with E-state index in [1.165, 1.54) is 36.5 Å². The first-order valence-electron chi connectivity index (χ1n) is 10.9. The largest absolute Gasteiger partial charge is 0.354 e. The fraction of sp³-hybridized carbons (Fsp3) is 0.304. The molecule has 1 N–H and O–H groups in total. The highest BCUT2D eigenvalue weighted by Gasteiger charge is 2.26. The summed E-state index contributed by atoms with van der Waals surface area (Å²) in [7, 11) is 0. The van der Waals surface area contributed by atoms with E-state index < -0.39 is 0 Å². The summed E-state index contributed by atoms with van der Waals surface area (Å²) in [4.78, 5) is 46.1. The third-order valence-electron chi connectivity index (χ3n) is 5.91. The SMILES string of the molecule is Cc1ccccc1Cn1cnc2c(cnn2CCNC(=O)CC2CSc3nccc(=O)n32)c1=O. The number of benzene rings is 1. The van der Waals surface area contributed by atoms with Gasteiger partial charge in [0.2, 0.25) is 5.91 Å². The van der Waals surface area contributed by atoms with Gasteiger partial charge in [0, 0.05) is 31.0 Å². The molecule has 0 saturated heterocycles. The van der Waals surface area contributed by atoms with Gasteiger partial charge in [0.15, 0.2) is 10.8 Å². The lowest BCUT2D eigenvalue weighted by atomic mass is 10.1. The molecule has 4 heterocycles. The molecule has 0 bridgehead atoms. The zero-order valence-corrected chi connectivity index (χ0v) is 19.4. The second kappa shape index (κ2) is 9.26. The van der Waals surface area contributed by atoms with Crippen molar-refractivity contribution in [3.05, 3.63) is 80.9 Å². The Morgan fingerprint density at radius 3 is 2.91 bits per heavy atom. The van der Waals surface area contributed by atoms with Crippen LogP contribution in [0, 0.1) is 6.92 Å². The number of nitrogens with zero attached hydrogens (tertiary/aromatic N) is 6. The Bertz CT molecular complexity index is 1490. The second-order valence-corrected chi connectivity index (χ2v) is 9.15. The maximum atomic E-state index is 12.9. The first kappa shape index (κ1) is 22.1. The van der Waals surface area contributed by atoms with Gasteiger partial charge in [-0.1, -0.05) is 36.0 Å². The van der Waals surface area contributed by atoms with Crippen molar-refractivity contribution < 1.29 is 4.79 Å². The number of amides is 1. The Morgan fingerprint density at radius 2 is 2.06 bits per heavy atom. The number of nitrogens with one attached hydrogen (secondary N) is 1. The Hall–Kier alpha value is -3.73. The third-order valence-corrected chi connectivity index (χ3v) is 7.02. The van der Waals surface area contributed by atoms with Crippen LogP contribution in [0.2, 0.25) is 0 Å². The molecule has 1 amide bonds. The van der Waals surface area contributed by atoms with Crippen LogP contribution in [0.15, 0.2) is 63.8 Å². The summed E-state index contributed by atoms with van der Waals surface area (Å²) in [5.74, 6) is 0.488. The Labute approximate surface area is 198 Å². The molecule has 1 aliphatic heterocycles. The van der Waals surface area contributed by atoms with Gasteiger partial charge in [-0.25, -0.2) is 14.6 Å². The van der Waals surface area contributed by atoms with Crippen molar-refractivity contribution >= 4 is 28.7 Å². The number of hydrogen-bond acceptors (Lipinski definition) is 7. The average Bonchev–Trinajstić information content (AvgIpc) is 3.42. The number of carbonyl (C=O) groups is 1. The molecule has 0 saturated carbocycles. The first-order chi connectivity index (χ1) is 16.5. The Morgan fingerprint density at radius 1 is 1.21 bits per heavy atom. The van der Waals surface area contributed by atoms with Crippen molar-refractivity contribution in [1.82, 2.24) is 34.2 Å². The van der Waals surface area contributed by atoms with Crippen LogP contribution >= 0.6 is 11.8 Å². The molecule has 34 heavy (non-hydrogen) atoms. The fourth-order valence-corrected chi connectivity index (χ4v) is 5.19. The summed E-state index contributed by atoms with van der Waals surface area (Å²) in [6.45, 7) is 3.16. The van der Waals surface area contributed by atoms with Crippen LogP contribution in [0.25, 0.3) is 11.0 Å². The normalized spacial score (nSPS) is 14.9. The van der Waals surface area contributed by atoms with Crippen LogP contribution in [-0.2, 0) is 17.9 Å². The van der Waals surface area contributed by atoms with Gasteiger partial charge in [-0.05, 0) is 18.1 Å². The van der Waals surface area contributed by atoms with Crippen LogP contribution < -0.4 is 16.4 Å². The van der Waals surface area contributed by atoms with E-state index in [4.69, 9.17) is 0 Å². The van der Waals surface area contributed by atoms with Gasteiger partial charge in [-0.15, -0.1) is 0 Å². The number of fused-ring (bicyclic) bond motifs is 2. The highest BCUT2D eigenvalue weighted by atomic mass is 32.2. The molecule has 5 rings (SSSR count). The molecule has 0 fully saturated rings. The maximum Gasteiger partial charge on any atom is 0.264 e. The van der Waals surface area contributed by atoms with E-state index in [0.717, 1.165) is 11.1 Å². The third kappa shape index (κ3) is 4.26. The van der Waals surface area contributed by atoms with Crippen LogP contribution in [0.5, 0.6) is 0 Å². The van der Waals surface area contributed by atoms with Gasteiger partial charge >= 0.3 is 0 Å². The van der Waals surface area contributed by atoms with Crippen molar-refractivity contribution in [2.75, 3.05) is 12.3 Å². The summed E-state index contributed by atoms with van der Waals surface area (Å²) in [5, 5.41) is 8.25. The van der Waals surface area contributed by atoms with E-state index in [1.807, 2.05) is 31.2 Å². The highest BCUT2D eigenvalue weighted by molar-refractivity contribution is 7.99. The molecule has 1 atom stereocenters. The Balaban J connectivity index is 1.22. The lowest BCUT2D eigenvalue weighted by Crippen LogP contribution is -2.32. The standard InChI is InChI=1S/C23H23N7O3S/c1-15-4-2-3-5-16(15)12-28-14-26-21-18(22(28)33)11-27-29(21)9-8-24-19(31)10-17-13-34-23-25-7-6-20(32)30(17)23/h2-7,11,14,17H,8-10,12-13H2,1H3,(H,24,31). The predicted octanol–water partition coefficient (Wildman–Crippen LogP) is 1.36. The summed E-state index contributed by atoms with van der Waals surface area (Å²) in [5.41, 5.74) is 2.36. The second-order valence-electron chi connectivity index (χ2n) is 8.16. The molecule has 3 aromatic heterocycles. The van der Waals surface area contributed by atoms with Gasteiger partial charge in [-0.2, -0.15) is 5.10 Å². The minimum absolute atomic E-state index is 0.144. The van der Waals surface area contributed by atoms with Crippen LogP contribution in [0.3, 0.4) is 0 Å². The summed E-state index contributed by atoms with van der Waals surface area (Å²) >= 11 is 1.48. The zero-order chi connectivity index (χ0) is 23.7. The van der Waals surface area contributed by atoms with Crippen molar-refractivity contribution in [1.29, 1.82) is 0 Å². The summed E-state index contributed by atoms with van der Waals surface area (Å²) in [6, 6.07) is 9.12. The lowest BCUT2D eigenvalue weighted by molar-refractivity contribution is -0.121. The van der Waals surface area contributed by atoms with Crippen molar-refractivity contribution in [3.8, 4) is 0 Å². The van der Waals surface area contributed by atoms with E-state index in [2.05, 4.69) is 20.4 Å². The van der Waals surface area contributed by atoms with E-state index >= 15 is 0 Å².